The highest BCUT2D eigenvalue weighted by Gasteiger charge is 2.27. The number of carboxylic acids is 1. The van der Waals surface area contributed by atoms with Crippen LogP contribution in [0.5, 0.6) is 0 Å². The molecule has 3 N–H and O–H groups in total. The van der Waals surface area contributed by atoms with Gasteiger partial charge in [-0.25, -0.2) is 9.78 Å². The maximum absolute atomic E-state index is 11.1. The molecule has 0 amide bonds. The molecule has 0 bridgehead atoms. The maximum Gasteiger partial charge on any atom is 0.335 e. The first-order valence-corrected chi connectivity index (χ1v) is 11.0. The molecule has 0 saturated heterocycles. The monoisotopic (exact) mass is 441 g/mol. The Morgan fingerprint density at radius 3 is 2.76 bits per heavy atom. The largest absolute Gasteiger partial charge is 0.478 e. The number of aromatic carboxylic acids is 1. The first-order valence-electron chi connectivity index (χ1n) is 11.0. The Hall–Kier alpha value is -4.19. The summed E-state index contributed by atoms with van der Waals surface area (Å²) in [5, 5.41) is 27.1. The van der Waals surface area contributed by atoms with E-state index in [0.29, 0.717) is 29.6 Å². The van der Waals surface area contributed by atoms with Crippen molar-refractivity contribution in [1.29, 1.82) is 5.26 Å². The summed E-state index contributed by atoms with van der Waals surface area (Å²) in [4.78, 5) is 23.5. The van der Waals surface area contributed by atoms with Crippen LogP contribution in [0.4, 0.5) is 11.6 Å². The van der Waals surface area contributed by atoms with Gasteiger partial charge in [-0.05, 0) is 49.1 Å². The lowest BCUT2D eigenvalue weighted by molar-refractivity contribution is 0.0697. The summed E-state index contributed by atoms with van der Waals surface area (Å²) >= 11 is 0. The summed E-state index contributed by atoms with van der Waals surface area (Å²) in [6.45, 7) is 0. The number of benzene rings is 1. The molecular formula is C24H23N7O2. The number of nitriles is 1. The number of fused-ring (bicyclic) bond motifs is 1. The molecule has 1 atom stereocenters. The van der Waals surface area contributed by atoms with E-state index in [4.69, 9.17) is 10.1 Å². The van der Waals surface area contributed by atoms with Gasteiger partial charge in [-0.2, -0.15) is 15.3 Å². The maximum atomic E-state index is 11.1. The summed E-state index contributed by atoms with van der Waals surface area (Å²) in [6.07, 6.45) is 10.7. The molecule has 9 heteroatoms. The molecule has 1 aliphatic rings. The zero-order valence-corrected chi connectivity index (χ0v) is 17.9. The molecule has 0 radical (unpaired) electrons. The number of hydrogen-bond donors (Lipinski definition) is 3. The van der Waals surface area contributed by atoms with Gasteiger partial charge < -0.3 is 15.4 Å². The first-order chi connectivity index (χ1) is 16.1. The Morgan fingerprint density at radius 2 is 2.03 bits per heavy atom. The fourth-order valence-electron chi connectivity index (χ4n) is 4.60. The van der Waals surface area contributed by atoms with Crippen molar-refractivity contribution in [2.45, 2.75) is 38.1 Å². The third-order valence-corrected chi connectivity index (χ3v) is 6.26. The molecule has 5 rings (SSSR count). The van der Waals surface area contributed by atoms with Gasteiger partial charge in [0.25, 0.3) is 0 Å². The second kappa shape index (κ2) is 8.74. The molecule has 4 aromatic rings. The molecule has 33 heavy (non-hydrogen) atoms. The van der Waals surface area contributed by atoms with Crippen LogP contribution in [0.1, 0.15) is 48.5 Å². The van der Waals surface area contributed by atoms with Gasteiger partial charge in [0.2, 0.25) is 5.95 Å². The summed E-state index contributed by atoms with van der Waals surface area (Å²) in [7, 11) is 0. The average Bonchev–Trinajstić information content (AvgIpc) is 3.59. The second-order valence-corrected chi connectivity index (χ2v) is 8.33. The van der Waals surface area contributed by atoms with Gasteiger partial charge in [0.1, 0.15) is 5.65 Å². The van der Waals surface area contributed by atoms with Crippen molar-refractivity contribution in [2.24, 2.45) is 5.92 Å². The van der Waals surface area contributed by atoms with E-state index in [1.807, 2.05) is 23.1 Å². The Bertz CT molecular complexity index is 1330. The van der Waals surface area contributed by atoms with E-state index in [1.54, 1.807) is 18.3 Å². The molecule has 3 heterocycles. The predicted octanol–water partition coefficient (Wildman–Crippen LogP) is 4.91. The lowest BCUT2D eigenvalue weighted by Crippen LogP contribution is -2.17. The van der Waals surface area contributed by atoms with E-state index in [9.17, 15) is 10.1 Å². The van der Waals surface area contributed by atoms with Crippen LogP contribution in [0, 0.1) is 17.2 Å². The van der Waals surface area contributed by atoms with Gasteiger partial charge in [0, 0.05) is 29.0 Å². The molecular weight excluding hydrogens is 418 g/mol. The fraction of sp³-hybridized carbons (Fsp3) is 0.292. The highest BCUT2D eigenvalue weighted by molar-refractivity contribution is 5.91. The van der Waals surface area contributed by atoms with Gasteiger partial charge in [-0.1, -0.05) is 12.8 Å². The van der Waals surface area contributed by atoms with Crippen LogP contribution < -0.4 is 5.32 Å². The number of hydrogen-bond acceptors (Lipinski definition) is 6. The topological polar surface area (TPSA) is 133 Å². The van der Waals surface area contributed by atoms with E-state index < -0.39 is 5.97 Å². The molecule has 1 fully saturated rings. The van der Waals surface area contributed by atoms with Crippen molar-refractivity contribution >= 4 is 28.6 Å². The molecule has 9 nitrogen and oxygen atoms in total. The standard InChI is InChI=1S/C24H23N7O2/c25-11-9-20(15-3-1-2-4-15)31-14-17(13-27-31)21-19-10-12-26-22(19)30-24(29-21)28-18-7-5-16(6-8-18)23(32)33/h5-8,10,12-15,20H,1-4,9H2,(H,32,33)(H2,26,28,29,30)/t20-/m1/s1. The zero-order chi connectivity index (χ0) is 22.8. The van der Waals surface area contributed by atoms with Crippen molar-refractivity contribution in [3.63, 3.8) is 0 Å². The number of nitrogens with zero attached hydrogens (tertiary/aromatic N) is 5. The SMILES string of the molecule is N#CC[C@H](C1CCCC1)n1cc(-c2nc(Nc3ccc(C(=O)O)cc3)nc3[nH]ccc23)cn1. The number of carbonyl (C=O) groups is 1. The Labute approximate surface area is 190 Å². The number of aromatic nitrogens is 5. The molecule has 166 valence electrons. The Kier molecular flexibility index (Phi) is 5.48. The summed E-state index contributed by atoms with van der Waals surface area (Å²) < 4.78 is 1.92. The number of aromatic amines is 1. The number of carboxylic acid groups (broad SMARTS) is 1. The van der Waals surface area contributed by atoms with E-state index >= 15 is 0 Å². The Balaban J connectivity index is 1.47. The quantitative estimate of drug-likeness (QED) is 0.371. The number of rotatable bonds is 7. The van der Waals surface area contributed by atoms with Crippen molar-refractivity contribution < 1.29 is 9.90 Å². The van der Waals surface area contributed by atoms with E-state index in [1.165, 1.54) is 25.0 Å². The van der Waals surface area contributed by atoms with Crippen LogP contribution >= 0.6 is 0 Å². The lowest BCUT2D eigenvalue weighted by Gasteiger charge is -2.21. The molecule has 0 aliphatic heterocycles. The van der Waals surface area contributed by atoms with Crippen LogP contribution in [-0.2, 0) is 0 Å². The van der Waals surface area contributed by atoms with E-state index in [2.05, 4.69) is 26.5 Å². The molecule has 1 aliphatic carbocycles. The smallest absolute Gasteiger partial charge is 0.335 e. The van der Waals surface area contributed by atoms with Crippen LogP contribution in [0.3, 0.4) is 0 Å². The summed E-state index contributed by atoms with van der Waals surface area (Å²) in [6, 6.07) is 10.7. The van der Waals surface area contributed by atoms with Gasteiger partial charge in [0.05, 0.1) is 36.0 Å². The lowest BCUT2D eigenvalue weighted by atomic mass is 9.96. The zero-order valence-electron chi connectivity index (χ0n) is 17.9. The van der Waals surface area contributed by atoms with Crippen LogP contribution in [0.25, 0.3) is 22.3 Å². The summed E-state index contributed by atoms with van der Waals surface area (Å²) in [5.41, 5.74) is 3.17. The highest BCUT2D eigenvalue weighted by atomic mass is 16.4. The minimum Gasteiger partial charge on any atom is -0.478 e. The Morgan fingerprint density at radius 1 is 1.24 bits per heavy atom. The number of anilines is 2. The highest BCUT2D eigenvalue weighted by Crippen LogP contribution is 2.37. The molecule has 0 unspecified atom stereocenters. The van der Waals surface area contributed by atoms with Crippen LogP contribution in [-0.4, -0.2) is 35.8 Å². The van der Waals surface area contributed by atoms with Gasteiger partial charge >= 0.3 is 5.97 Å². The normalized spacial score (nSPS) is 14.9. The minimum absolute atomic E-state index is 0.0696. The van der Waals surface area contributed by atoms with Crippen molar-refractivity contribution in [1.82, 2.24) is 24.7 Å². The third-order valence-electron chi connectivity index (χ3n) is 6.26. The predicted molar refractivity (Wildman–Crippen MR) is 123 cm³/mol. The molecule has 1 aromatic carbocycles. The molecule has 0 spiro atoms. The second-order valence-electron chi connectivity index (χ2n) is 8.33. The van der Waals surface area contributed by atoms with E-state index in [-0.39, 0.29) is 11.6 Å². The van der Waals surface area contributed by atoms with Crippen LogP contribution in [0.15, 0.2) is 48.9 Å². The summed E-state index contributed by atoms with van der Waals surface area (Å²) in [5.74, 6) is -0.113. The number of H-pyrrole nitrogens is 1. The van der Waals surface area contributed by atoms with Crippen molar-refractivity contribution in [3.8, 4) is 17.3 Å². The fourth-order valence-corrected chi connectivity index (χ4v) is 4.60. The van der Waals surface area contributed by atoms with Crippen molar-refractivity contribution in [2.75, 3.05) is 5.32 Å². The van der Waals surface area contributed by atoms with Crippen LogP contribution in [0.2, 0.25) is 0 Å². The minimum atomic E-state index is -0.975. The van der Waals surface area contributed by atoms with Gasteiger partial charge in [-0.3, -0.25) is 4.68 Å². The van der Waals surface area contributed by atoms with Gasteiger partial charge in [-0.15, -0.1) is 0 Å². The third kappa shape index (κ3) is 4.15. The molecule has 1 saturated carbocycles. The van der Waals surface area contributed by atoms with E-state index in [0.717, 1.165) is 29.5 Å². The average molecular weight is 441 g/mol. The first kappa shape index (κ1) is 20.7. The number of nitrogens with one attached hydrogen (secondary N) is 2. The van der Waals surface area contributed by atoms with Crippen molar-refractivity contribution in [3.05, 3.63) is 54.5 Å². The molecule has 3 aromatic heterocycles. The van der Waals surface area contributed by atoms with Gasteiger partial charge in [0.15, 0.2) is 0 Å².